The number of carbonyl (C=O) groups excluding carboxylic acids is 1. The van der Waals surface area contributed by atoms with Gasteiger partial charge in [0.25, 0.3) is 0 Å². The monoisotopic (exact) mass is 333 g/mol. The first-order chi connectivity index (χ1) is 11.7. The van der Waals surface area contributed by atoms with Gasteiger partial charge in [0.15, 0.2) is 0 Å². The number of aliphatic hydroxyl groups excluding tert-OH is 1. The fourth-order valence-corrected chi connectivity index (χ4v) is 3.26. The Morgan fingerprint density at radius 2 is 1.62 bits per heavy atom. The van der Waals surface area contributed by atoms with Gasteiger partial charge >= 0.3 is 0 Å². The molecule has 1 aromatic rings. The third-order valence-electron chi connectivity index (χ3n) is 4.80. The molecule has 132 valence electrons. The van der Waals surface area contributed by atoms with Crippen molar-refractivity contribution in [1.82, 2.24) is 14.7 Å². The first kappa shape index (κ1) is 17.4. The lowest BCUT2D eigenvalue weighted by atomic mass is 10.1. The van der Waals surface area contributed by atoms with Gasteiger partial charge in [0.2, 0.25) is 5.91 Å². The van der Waals surface area contributed by atoms with Crippen LogP contribution in [-0.4, -0.2) is 91.3 Å². The molecule has 1 aromatic carbocycles. The lowest BCUT2D eigenvalue weighted by Gasteiger charge is -2.36. The molecular weight excluding hydrogens is 306 g/mol. The number of rotatable bonds is 5. The van der Waals surface area contributed by atoms with Gasteiger partial charge in [-0.25, -0.2) is 0 Å². The number of piperazine rings is 1. The summed E-state index contributed by atoms with van der Waals surface area (Å²) in [7, 11) is 0. The number of aliphatic hydroxyl groups is 1. The number of morpholine rings is 1. The van der Waals surface area contributed by atoms with Gasteiger partial charge < -0.3 is 14.7 Å². The smallest absolute Gasteiger partial charge is 0.236 e. The Morgan fingerprint density at radius 1 is 1.00 bits per heavy atom. The Hall–Kier alpha value is -1.47. The van der Waals surface area contributed by atoms with Crippen LogP contribution in [-0.2, 0) is 9.53 Å². The Kier molecular flexibility index (Phi) is 6.20. The average Bonchev–Trinajstić information content (AvgIpc) is 2.65. The third-order valence-corrected chi connectivity index (χ3v) is 4.80. The molecule has 3 rings (SSSR count). The number of benzene rings is 1. The molecule has 2 saturated heterocycles. The normalized spacial score (nSPS) is 21.6. The van der Waals surface area contributed by atoms with Gasteiger partial charge in [-0.15, -0.1) is 0 Å². The third kappa shape index (κ3) is 4.77. The molecule has 6 heteroatoms. The molecule has 2 heterocycles. The molecule has 0 saturated carbocycles. The first-order valence-electron chi connectivity index (χ1n) is 8.75. The van der Waals surface area contributed by atoms with Crippen LogP contribution in [0.1, 0.15) is 11.7 Å². The van der Waals surface area contributed by atoms with Crippen molar-refractivity contribution in [1.29, 1.82) is 0 Å². The highest BCUT2D eigenvalue weighted by molar-refractivity contribution is 5.78. The molecule has 1 amide bonds. The zero-order valence-electron chi connectivity index (χ0n) is 14.1. The highest BCUT2D eigenvalue weighted by Crippen LogP contribution is 2.15. The summed E-state index contributed by atoms with van der Waals surface area (Å²) in [5, 5.41) is 10.3. The number of β-amino-alcohol motifs (C(OH)–C–C–N with tert-alkyl or cyclic N) is 1. The standard InChI is InChI=1S/C18H27N3O3/c22-17(16-4-2-1-3-5-16)14-19-6-8-20(9-7-19)15-18(23)21-10-12-24-13-11-21/h1-5,17,22H,6-15H2/t17-/m0/s1. The average molecular weight is 333 g/mol. The van der Waals surface area contributed by atoms with Crippen molar-refractivity contribution in [3.8, 4) is 0 Å². The summed E-state index contributed by atoms with van der Waals surface area (Å²) < 4.78 is 5.29. The maximum absolute atomic E-state index is 12.3. The largest absolute Gasteiger partial charge is 0.387 e. The van der Waals surface area contributed by atoms with Crippen LogP contribution in [0.15, 0.2) is 30.3 Å². The maximum atomic E-state index is 12.3. The topological polar surface area (TPSA) is 56.2 Å². The lowest BCUT2D eigenvalue weighted by Crippen LogP contribution is -2.52. The number of nitrogens with zero attached hydrogens (tertiary/aromatic N) is 3. The quantitative estimate of drug-likeness (QED) is 0.834. The van der Waals surface area contributed by atoms with E-state index in [-0.39, 0.29) is 5.91 Å². The van der Waals surface area contributed by atoms with E-state index in [1.165, 1.54) is 0 Å². The maximum Gasteiger partial charge on any atom is 0.236 e. The number of ether oxygens (including phenoxy) is 1. The Bertz CT molecular complexity index is 512. The molecule has 2 aliphatic heterocycles. The second-order valence-corrected chi connectivity index (χ2v) is 6.50. The van der Waals surface area contributed by atoms with Crippen LogP contribution in [0.3, 0.4) is 0 Å². The van der Waals surface area contributed by atoms with E-state index in [0.717, 1.165) is 31.7 Å². The second kappa shape index (κ2) is 8.58. The molecule has 2 fully saturated rings. The highest BCUT2D eigenvalue weighted by atomic mass is 16.5. The van der Waals surface area contributed by atoms with E-state index in [1.807, 2.05) is 35.2 Å². The minimum Gasteiger partial charge on any atom is -0.387 e. The molecule has 24 heavy (non-hydrogen) atoms. The lowest BCUT2D eigenvalue weighted by molar-refractivity contribution is -0.136. The van der Waals surface area contributed by atoms with E-state index in [1.54, 1.807) is 0 Å². The number of hydrogen-bond acceptors (Lipinski definition) is 5. The molecule has 0 aliphatic carbocycles. The van der Waals surface area contributed by atoms with Crippen molar-refractivity contribution in [3.63, 3.8) is 0 Å². The van der Waals surface area contributed by atoms with Crippen LogP contribution in [0.5, 0.6) is 0 Å². The van der Waals surface area contributed by atoms with Crippen LogP contribution in [0.4, 0.5) is 0 Å². The molecule has 1 N–H and O–H groups in total. The molecule has 2 aliphatic rings. The highest BCUT2D eigenvalue weighted by Gasteiger charge is 2.24. The molecule has 6 nitrogen and oxygen atoms in total. The molecule has 0 bridgehead atoms. The summed E-state index contributed by atoms with van der Waals surface area (Å²) in [4.78, 5) is 18.7. The van der Waals surface area contributed by atoms with Gasteiger partial charge in [-0.3, -0.25) is 14.6 Å². The zero-order valence-corrected chi connectivity index (χ0v) is 14.1. The van der Waals surface area contributed by atoms with Gasteiger partial charge in [-0.1, -0.05) is 30.3 Å². The number of amides is 1. The summed E-state index contributed by atoms with van der Waals surface area (Å²) >= 11 is 0. The minimum atomic E-state index is -0.451. The molecule has 0 unspecified atom stereocenters. The Labute approximate surface area is 143 Å². The predicted octanol–water partition coefficient (Wildman–Crippen LogP) is 0.196. The van der Waals surface area contributed by atoms with Crippen molar-refractivity contribution in [2.45, 2.75) is 6.10 Å². The van der Waals surface area contributed by atoms with Gasteiger partial charge in [-0.2, -0.15) is 0 Å². The second-order valence-electron chi connectivity index (χ2n) is 6.50. The molecule has 0 spiro atoms. The summed E-state index contributed by atoms with van der Waals surface area (Å²) in [6.07, 6.45) is -0.451. The fraction of sp³-hybridized carbons (Fsp3) is 0.611. The first-order valence-corrected chi connectivity index (χ1v) is 8.75. The fourth-order valence-electron chi connectivity index (χ4n) is 3.26. The van der Waals surface area contributed by atoms with Crippen LogP contribution in [0.2, 0.25) is 0 Å². The summed E-state index contributed by atoms with van der Waals surface area (Å²) in [5.41, 5.74) is 0.961. The van der Waals surface area contributed by atoms with Crippen LogP contribution >= 0.6 is 0 Å². The molecule has 1 atom stereocenters. The zero-order chi connectivity index (χ0) is 16.8. The summed E-state index contributed by atoms with van der Waals surface area (Å²) in [5.74, 6) is 0.205. The van der Waals surface area contributed by atoms with E-state index < -0.39 is 6.10 Å². The van der Waals surface area contributed by atoms with Crippen LogP contribution in [0, 0.1) is 0 Å². The predicted molar refractivity (Wildman–Crippen MR) is 91.7 cm³/mol. The molecule has 0 aromatic heterocycles. The van der Waals surface area contributed by atoms with E-state index in [0.29, 0.717) is 39.4 Å². The van der Waals surface area contributed by atoms with Crippen molar-refractivity contribution < 1.29 is 14.6 Å². The van der Waals surface area contributed by atoms with Crippen LogP contribution < -0.4 is 0 Å². The van der Waals surface area contributed by atoms with E-state index in [4.69, 9.17) is 4.74 Å². The van der Waals surface area contributed by atoms with Gasteiger partial charge in [-0.05, 0) is 5.56 Å². The Balaban J connectivity index is 1.40. The minimum absolute atomic E-state index is 0.205. The van der Waals surface area contributed by atoms with Crippen molar-refractivity contribution in [3.05, 3.63) is 35.9 Å². The van der Waals surface area contributed by atoms with Crippen molar-refractivity contribution >= 4 is 5.91 Å². The van der Waals surface area contributed by atoms with Gasteiger partial charge in [0, 0.05) is 45.8 Å². The van der Waals surface area contributed by atoms with E-state index in [2.05, 4.69) is 9.80 Å². The van der Waals surface area contributed by atoms with Gasteiger partial charge in [0.05, 0.1) is 25.9 Å². The Morgan fingerprint density at radius 3 is 2.29 bits per heavy atom. The molecule has 0 radical (unpaired) electrons. The van der Waals surface area contributed by atoms with Crippen molar-refractivity contribution in [2.75, 3.05) is 65.6 Å². The van der Waals surface area contributed by atoms with E-state index >= 15 is 0 Å². The SMILES string of the molecule is O=C(CN1CCN(C[C@H](O)c2ccccc2)CC1)N1CCOCC1. The number of hydrogen-bond donors (Lipinski definition) is 1. The van der Waals surface area contributed by atoms with Gasteiger partial charge in [0.1, 0.15) is 0 Å². The van der Waals surface area contributed by atoms with E-state index in [9.17, 15) is 9.90 Å². The number of carbonyl (C=O) groups is 1. The van der Waals surface area contributed by atoms with Crippen molar-refractivity contribution in [2.24, 2.45) is 0 Å². The molecular formula is C18H27N3O3. The summed E-state index contributed by atoms with van der Waals surface area (Å²) in [6.45, 7) is 7.39. The van der Waals surface area contributed by atoms with Crippen LogP contribution in [0.25, 0.3) is 0 Å². The summed E-state index contributed by atoms with van der Waals surface area (Å²) in [6, 6.07) is 9.78.